The van der Waals surface area contributed by atoms with Gasteiger partial charge in [-0.2, -0.15) is 0 Å². The molecule has 0 aliphatic heterocycles. The molecule has 0 saturated carbocycles. The Morgan fingerprint density at radius 2 is 1.75 bits per heavy atom. The zero-order chi connectivity index (χ0) is 12.3. The van der Waals surface area contributed by atoms with Crippen LogP contribution in [0.4, 0.5) is 0 Å². The molecule has 0 aliphatic rings. The first-order valence-electron chi connectivity index (χ1n) is 5.06. The molecule has 0 aromatic heterocycles. The molecule has 0 radical (unpaired) electrons. The highest BCUT2D eigenvalue weighted by molar-refractivity contribution is 7.89. The molecule has 5 heteroatoms. The first-order chi connectivity index (χ1) is 7.30. The SMILES string of the molecule is CC(C)C(Cl)Cc1ccc(S(N)(=O)=O)cc1. The molecular weight excluding hydrogens is 246 g/mol. The largest absolute Gasteiger partial charge is 0.238 e. The quantitative estimate of drug-likeness (QED) is 0.844. The summed E-state index contributed by atoms with van der Waals surface area (Å²) in [7, 11) is -3.60. The highest BCUT2D eigenvalue weighted by Crippen LogP contribution is 2.17. The molecule has 3 nitrogen and oxygen atoms in total. The maximum Gasteiger partial charge on any atom is 0.238 e. The number of rotatable bonds is 4. The van der Waals surface area contributed by atoms with Gasteiger partial charge in [-0.1, -0.05) is 26.0 Å². The van der Waals surface area contributed by atoms with E-state index in [9.17, 15) is 8.42 Å². The lowest BCUT2D eigenvalue weighted by Crippen LogP contribution is -2.13. The zero-order valence-electron chi connectivity index (χ0n) is 9.35. The number of nitrogens with two attached hydrogens (primary N) is 1. The summed E-state index contributed by atoms with van der Waals surface area (Å²) in [5.74, 6) is 0.389. The summed E-state index contributed by atoms with van der Waals surface area (Å²) in [6, 6.07) is 6.51. The average molecular weight is 262 g/mol. The minimum Gasteiger partial charge on any atom is -0.225 e. The molecule has 2 N–H and O–H groups in total. The third-order valence-electron chi connectivity index (χ3n) is 2.41. The molecule has 1 aromatic rings. The Hall–Kier alpha value is -0.580. The van der Waals surface area contributed by atoms with E-state index >= 15 is 0 Å². The molecule has 1 unspecified atom stereocenters. The molecule has 1 rings (SSSR count). The number of benzene rings is 1. The molecule has 90 valence electrons. The Kier molecular flexibility index (Phi) is 4.35. The van der Waals surface area contributed by atoms with E-state index < -0.39 is 10.0 Å². The van der Waals surface area contributed by atoms with Crippen LogP contribution in [0.2, 0.25) is 0 Å². The highest BCUT2D eigenvalue weighted by atomic mass is 35.5. The first-order valence-corrected chi connectivity index (χ1v) is 7.05. The smallest absolute Gasteiger partial charge is 0.225 e. The van der Waals surface area contributed by atoms with E-state index in [1.165, 1.54) is 12.1 Å². The molecule has 0 bridgehead atoms. The second kappa shape index (κ2) is 5.17. The van der Waals surface area contributed by atoms with E-state index in [1.807, 2.05) is 0 Å². The van der Waals surface area contributed by atoms with Gasteiger partial charge in [0.2, 0.25) is 10.0 Å². The molecule has 0 heterocycles. The zero-order valence-corrected chi connectivity index (χ0v) is 10.9. The number of alkyl halides is 1. The Morgan fingerprint density at radius 3 is 2.12 bits per heavy atom. The molecule has 0 aliphatic carbocycles. The van der Waals surface area contributed by atoms with Crippen LogP contribution in [0.1, 0.15) is 19.4 Å². The number of hydrogen-bond acceptors (Lipinski definition) is 2. The van der Waals surface area contributed by atoms with Crippen molar-refractivity contribution in [3.63, 3.8) is 0 Å². The fourth-order valence-electron chi connectivity index (χ4n) is 1.28. The normalized spacial score (nSPS) is 14.1. The minimum atomic E-state index is -3.60. The van der Waals surface area contributed by atoms with E-state index in [0.29, 0.717) is 5.92 Å². The van der Waals surface area contributed by atoms with Gasteiger partial charge < -0.3 is 0 Å². The number of hydrogen-bond donors (Lipinski definition) is 1. The minimum absolute atomic E-state index is 0.0559. The summed E-state index contributed by atoms with van der Waals surface area (Å²) < 4.78 is 22.1. The predicted octanol–water partition coefficient (Wildman–Crippen LogP) is 2.14. The lowest BCUT2D eigenvalue weighted by Gasteiger charge is -2.13. The molecule has 0 fully saturated rings. The average Bonchev–Trinajstić information content (AvgIpc) is 2.17. The Bertz CT molecular complexity index is 440. The van der Waals surface area contributed by atoms with Gasteiger partial charge in [0.25, 0.3) is 0 Å². The van der Waals surface area contributed by atoms with Crippen molar-refractivity contribution in [2.45, 2.75) is 30.5 Å². The summed E-state index contributed by atoms with van der Waals surface area (Å²) >= 11 is 6.14. The van der Waals surface area contributed by atoms with E-state index in [0.717, 1.165) is 12.0 Å². The second-order valence-corrected chi connectivity index (χ2v) is 6.28. The van der Waals surface area contributed by atoms with Gasteiger partial charge in [0.05, 0.1) is 4.90 Å². The molecule has 0 saturated heterocycles. The van der Waals surface area contributed by atoms with E-state index in [2.05, 4.69) is 13.8 Å². The van der Waals surface area contributed by atoms with E-state index in [4.69, 9.17) is 16.7 Å². The summed E-state index contributed by atoms with van der Waals surface area (Å²) in [5.41, 5.74) is 1.01. The lowest BCUT2D eigenvalue weighted by molar-refractivity contribution is 0.594. The Balaban J connectivity index is 2.80. The third-order valence-corrected chi connectivity index (χ3v) is 3.99. The van der Waals surface area contributed by atoms with Crippen LogP contribution in [0.5, 0.6) is 0 Å². The van der Waals surface area contributed by atoms with Gasteiger partial charge in [-0.3, -0.25) is 0 Å². The van der Waals surface area contributed by atoms with Crippen LogP contribution in [0.3, 0.4) is 0 Å². The molecule has 0 spiro atoms. The second-order valence-electron chi connectivity index (χ2n) is 4.15. The van der Waals surface area contributed by atoms with Gasteiger partial charge in [0, 0.05) is 5.38 Å². The number of halogens is 1. The molecule has 1 aromatic carbocycles. The maximum atomic E-state index is 11.0. The molecular formula is C11H16ClNO2S. The van der Waals surface area contributed by atoms with Gasteiger partial charge >= 0.3 is 0 Å². The molecule has 1 atom stereocenters. The lowest BCUT2D eigenvalue weighted by atomic mass is 10.0. The number of sulfonamides is 1. The maximum absolute atomic E-state index is 11.0. The van der Waals surface area contributed by atoms with Crippen molar-refractivity contribution in [2.24, 2.45) is 11.1 Å². The van der Waals surface area contributed by atoms with Crippen LogP contribution >= 0.6 is 11.6 Å². The van der Waals surface area contributed by atoms with Crippen LogP contribution in [-0.4, -0.2) is 13.8 Å². The van der Waals surface area contributed by atoms with Crippen molar-refractivity contribution < 1.29 is 8.42 Å². The summed E-state index contributed by atoms with van der Waals surface area (Å²) in [4.78, 5) is 0.131. The molecule has 0 amide bonds. The van der Waals surface area contributed by atoms with Crippen LogP contribution in [-0.2, 0) is 16.4 Å². The summed E-state index contributed by atoms with van der Waals surface area (Å²) in [5, 5.41) is 5.06. The van der Waals surface area contributed by atoms with Crippen LogP contribution in [0.15, 0.2) is 29.2 Å². The van der Waals surface area contributed by atoms with E-state index in [1.54, 1.807) is 12.1 Å². The van der Waals surface area contributed by atoms with Gasteiger partial charge in [-0.15, -0.1) is 11.6 Å². The van der Waals surface area contributed by atoms with Crippen molar-refractivity contribution in [2.75, 3.05) is 0 Å². The fourth-order valence-corrected chi connectivity index (χ4v) is 1.97. The molecule has 16 heavy (non-hydrogen) atoms. The first kappa shape index (κ1) is 13.5. The van der Waals surface area contributed by atoms with Crippen LogP contribution in [0, 0.1) is 5.92 Å². The summed E-state index contributed by atoms with van der Waals surface area (Å²) in [6.07, 6.45) is 0.726. The highest BCUT2D eigenvalue weighted by Gasteiger charge is 2.11. The van der Waals surface area contributed by atoms with Crippen LogP contribution in [0.25, 0.3) is 0 Å². The van der Waals surface area contributed by atoms with Crippen molar-refractivity contribution in [1.29, 1.82) is 0 Å². The fraction of sp³-hybridized carbons (Fsp3) is 0.455. The van der Waals surface area contributed by atoms with Crippen LogP contribution < -0.4 is 5.14 Å². The van der Waals surface area contributed by atoms with Crippen molar-refractivity contribution in [1.82, 2.24) is 0 Å². The third kappa shape index (κ3) is 3.77. The topological polar surface area (TPSA) is 60.2 Å². The summed E-state index contributed by atoms with van der Waals surface area (Å²) in [6.45, 7) is 4.10. The van der Waals surface area contributed by atoms with Gasteiger partial charge in [0.15, 0.2) is 0 Å². The van der Waals surface area contributed by atoms with Crippen molar-refractivity contribution >= 4 is 21.6 Å². The van der Waals surface area contributed by atoms with E-state index in [-0.39, 0.29) is 10.3 Å². The van der Waals surface area contributed by atoms with Gasteiger partial charge in [-0.05, 0) is 30.0 Å². The van der Waals surface area contributed by atoms with Crippen molar-refractivity contribution in [3.05, 3.63) is 29.8 Å². The Morgan fingerprint density at radius 1 is 1.25 bits per heavy atom. The van der Waals surface area contributed by atoms with Gasteiger partial charge in [-0.25, -0.2) is 13.6 Å². The van der Waals surface area contributed by atoms with Gasteiger partial charge in [0.1, 0.15) is 0 Å². The monoisotopic (exact) mass is 261 g/mol. The van der Waals surface area contributed by atoms with Crippen molar-refractivity contribution in [3.8, 4) is 0 Å². The predicted molar refractivity (Wildman–Crippen MR) is 66.0 cm³/mol. The number of primary sulfonamides is 1. The Labute approximate surface area is 102 Å². The standard InChI is InChI=1S/C11H16ClNO2S/c1-8(2)11(12)7-9-3-5-10(6-4-9)16(13,14)15/h3-6,8,11H,7H2,1-2H3,(H2,13,14,15).